The van der Waals surface area contributed by atoms with Gasteiger partial charge in [-0.25, -0.2) is 4.79 Å². The van der Waals surface area contributed by atoms with Crippen molar-refractivity contribution >= 4 is 29.4 Å². The van der Waals surface area contributed by atoms with Gasteiger partial charge in [0.05, 0.1) is 0 Å². The van der Waals surface area contributed by atoms with E-state index in [9.17, 15) is 4.79 Å². The molecule has 0 bridgehead atoms. The summed E-state index contributed by atoms with van der Waals surface area (Å²) in [5.41, 5.74) is 2.97. The molecular weight excluding hydrogens is 284 g/mol. The van der Waals surface area contributed by atoms with E-state index >= 15 is 0 Å². The molecule has 21 heavy (non-hydrogen) atoms. The van der Waals surface area contributed by atoms with Gasteiger partial charge < -0.3 is 10.6 Å². The molecule has 0 aliphatic carbocycles. The van der Waals surface area contributed by atoms with Gasteiger partial charge in [0.1, 0.15) is 0 Å². The number of carbonyl (C=O) groups is 1. The molecule has 0 aliphatic rings. The zero-order chi connectivity index (χ0) is 15.1. The number of halogens is 1. The van der Waals surface area contributed by atoms with Crippen LogP contribution in [0.4, 0.5) is 10.5 Å². The SMILES string of the molecule is CCc1ccc(NC(=O)N/C=C/c2ccc(Cl)cc2)cc1. The Labute approximate surface area is 129 Å². The fourth-order valence-corrected chi connectivity index (χ4v) is 1.90. The number of amides is 2. The molecule has 0 saturated carbocycles. The van der Waals surface area contributed by atoms with Crippen molar-refractivity contribution in [2.45, 2.75) is 13.3 Å². The van der Waals surface area contributed by atoms with Gasteiger partial charge in [-0.2, -0.15) is 0 Å². The molecule has 2 amide bonds. The van der Waals surface area contributed by atoms with Crippen molar-refractivity contribution in [2.24, 2.45) is 0 Å². The fraction of sp³-hybridized carbons (Fsp3) is 0.118. The van der Waals surface area contributed by atoms with Gasteiger partial charge in [0, 0.05) is 16.9 Å². The van der Waals surface area contributed by atoms with Crippen molar-refractivity contribution in [3.63, 3.8) is 0 Å². The van der Waals surface area contributed by atoms with E-state index in [-0.39, 0.29) is 6.03 Å². The van der Waals surface area contributed by atoms with Gasteiger partial charge in [-0.1, -0.05) is 42.8 Å². The van der Waals surface area contributed by atoms with E-state index in [1.165, 1.54) is 5.56 Å². The second-order valence-corrected chi connectivity index (χ2v) is 4.97. The topological polar surface area (TPSA) is 41.1 Å². The van der Waals surface area contributed by atoms with Gasteiger partial charge in [-0.3, -0.25) is 0 Å². The number of nitrogens with one attached hydrogen (secondary N) is 2. The standard InChI is InChI=1S/C17H17ClN2O/c1-2-13-5-9-16(10-6-13)20-17(21)19-12-11-14-3-7-15(18)8-4-14/h3-12H,2H2,1H3,(H2,19,20,21)/b12-11+. The molecule has 0 radical (unpaired) electrons. The Morgan fingerprint density at radius 1 is 1.10 bits per heavy atom. The molecule has 2 N–H and O–H groups in total. The molecule has 4 heteroatoms. The predicted molar refractivity (Wildman–Crippen MR) is 88.5 cm³/mol. The van der Waals surface area contributed by atoms with E-state index in [1.54, 1.807) is 24.4 Å². The zero-order valence-corrected chi connectivity index (χ0v) is 12.5. The maximum absolute atomic E-state index is 11.7. The summed E-state index contributed by atoms with van der Waals surface area (Å²) in [6.45, 7) is 2.09. The van der Waals surface area contributed by atoms with Crippen molar-refractivity contribution in [2.75, 3.05) is 5.32 Å². The minimum Gasteiger partial charge on any atom is -0.314 e. The quantitative estimate of drug-likeness (QED) is 0.844. The summed E-state index contributed by atoms with van der Waals surface area (Å²) >= 11 is 5.80. The van der Waals surface area contributed by atoms with Gasteiger partial charge in [0.2, 0.25) is 0 Å². The normalized spacial score (nSPS) is 10.6. The molecule has 0 heterocycles. The van der Waals surface area contributed by atoms with E-state index in [0.29, 0.717) is 5.02 Å². The highest BCUT2D eigenvalue weighted by atomic mass is 35.5. The predicted octanol–water partition coefficient (Wildman–Crippen LogP) is 4.69. The second kappa shape index (κ2) is 7.50. The average Bonchev–Trinajstić information content (AvgIpc) is 2.50. The van der Waals surface area contributed by atoms with Gasteiger partial charge in [0.15, 0.2) is 0 Å². The Balaban J connectivity index is 1.85. The van der Waals surface area contributed by atoms with Gasteiger partial charge >= 0.3 is 6.03 Å². The fourth-order valence-electron chi connectivity index (χ4n) is 1.78. The summed E-state index contributed by atoms with van der Waals surface area (Å²) in [7, 11) is 0. The largest absolute Gasteiger partial charge is 0.323 e. The van der Waals surface area contributed by atoms with Crippen molar-refractivity contribution in [3.8, 4) is 0 Å². The molecule has 2 aromatic rings. The third kappa shape index (κ3) is 4.97. The summed E-state index contributed by atoms with van der Waals surface area (Å²) in [6, 6.07) is 14.9. The third-order valence-electron chi connectivity index (χ3n) is 2.98. The first-order chi connectivity index (χ1) is 10.2. The number of benzene rings is 2. The van der Waals surface area contributed by atoms with Crippen LogP contribution < -0.4 is 10.6 Å². The number of anilines is 1. The number of urea groups is 1. The van der Waals surface area contributed by atoms with E-state index in [1.807, 2.05) is 36.4 Å². The van der Waals surface area contributed by atoms with Crippen LogP contribution >= 0.6 is 11.6 Å². The lowest BCUT2D eigenvalue weighted by Gasteiger charge is -2.05. The lowest BCUT2D eigenvalue weighted by Crippen LogP contribution is -2.23. The highest BCUT2D eigenvalue weighted by molar-refractivity contribution is 6.30. The molecule has 0 saturated heterocycles. The number of hydrogen-bond donors (Lipinski definition) is 2. The van der Waals surface area contributed by atoms with E-state index < -0.39 is 0 Å². The minimum atomic E-state index is -0.274. The van der Waals surface area contributed by atoms with Crippen LogP contribution in [0.25, 0.3) is 6.08 Å². The minimum absolute atomic E-state index is 0.274. The van der Waals surface area contributed by atoms with Crippen molar-refractivity contribution < 1.29 is 4.79 Å². The maximum Gasteiger partial charge on any atom is 0.323 e. The highest BCUT2D eigenvalue weighted by Crippen LogP contribution is 2.11. The Kier molecular flexibility index (Phi) is 5.41. The van der Waals surface area contributed by atoms with Crippen molar-refractivity contribution in [3.05, 3.63) is 70.9 Å². The Hall–Kier alpha value is -2.26. The Bertz CT molecular complexity index is 618. The molecule has 0 spiro atoms. The monoisotopic (exact) mass is 300 g/mol. The average molecular weight is 301 g/mol. The lowest BCUT2D eigenvalue weighted by atomic mass is 10.1. The van der Waals surface area contributed by atoms with E-state index in [4.69, 9.17) is 11.6 Å². The second-order valence-electron chi connectivity index (χ2n) is 4.53. The first-order valence-corrected chi connectivity index (χ1v) is 7.14. The molecule has 0 fully saturated rings. The molecule has 0 unspecified atom stereocenters. The van der Waals surface area contributed by atoms with Crippen LogP contribution in [-0.2, 0) is 6.42 Å². The smallest absolute Gasteiger partial charge is 0.314 e. The van der Waals surface area contributed by atoms with Crippen LogP contribution in [0.5, 0.6) is 0 Å². The van der Waals surface area contributed by atoms with Crippen LogP contribution in [0.3, 0.4) is 0 Å². The summed E-state index contributed by atoms with van der Waals surface area (Å²) in [4.78, 5) is 11.7. The van der Waals surface area contributed by atoms with E-state index in [0.717, 1.165) is 17.7 Å². The van der Waals surface area contributed by atoms with Crippen LogP contribution in [0.1, 0.15) is 18.1 Å². The lowest BCUT2D eigenvalue weighted by molar-refractivity contribution is 0.255. The van der Waals surface area contributed by atoms with Crippen molar-refractivity contribution in [1.29, 1.82) is 0 Å². The highest BCUT2D eigenvalue weighted by Gasteiger charge is 1.98. The van der Waals surface area contributed by atoms with Crippen molar-refractivity contribution in [1.82, 2.24) is 5.32 Å². The van der Waals surface area contributed by atoms with Gasteiger partial charge in [-0.05, 0) is 47.9 Å². The maximum atomic E-state index is 11.7. The summed E-state index contributed by atoms with van der Waals surface area (Å²) in [5, 5.41) is 6.11. The van der Waals surface area contributed by atoms with Crippen LogP contribution in [-0.4, -0.2) is 6.03 Å². The van der Waals surface area contributed by atoms with Gasteiger partial charge in [0.25, 0.3) is 0 Å². The Morgan fingerprint density at radius 3 is 2.38 bits per heavy atom. The molecule has 2 aromatic carbocycles. The Morgan fingerprint density at radius 2 is 1.76 bits per heavy atom. The molecule has 0 atom stereocenters. The zero-order valence-electron chi connectivity index (χ0n) is 11.8. The first-order valence-electron chi connectivity index (χ1n) is 6.76. The molecule has 2 rings (SSSR count). The molecule has 0 aromatic heterocycles. The van der Waals surface area contributed by atoms with E-state index in [2.05, 4.69) is 17.6 Å². The first kappa shape index (κ1) is 15.1. The summed E-state index contributed by atoms with van der Waals surface area (Å²) in [5.74, 6) is 0. The number of carbonyl (C=O) groups excluding carboxylic acids is 1. The molecule has 3 nitrogen and oxygen atoms in total. The number of aryl methyl sites for hydroxylation is 1. The van der Waals surface area contributed by atoms with Crippen LogP contribution in [0, 0.1) is 0 Å². The summed E-state index contributed by atoms with van der Waals surface area (Å²) in [6.07, 6.45) is 4.38. The number of hydrogen-bond acceptors (Lipinski definition) is 1. The van der Waals surface area contributed by atoms with Crippen LogP contribution in [0.15, 0.2) is 54.7 Å². The summed E-state index contributed by atoms with van der Waals surface area (Å²) < 4.78 is 0. The van der Waals surface area contributed by atoms with Crippen LogP contribution in [0.2, 0.25) is 5.02 Å². The molecule has 108 valence electrons. The molecular formula is C17H17ClN2O. The molecule has 0 aliphatic heterocycles. The third-order valence-corrected chi connectivity index (χ3v) is 3.23. The number of rotatable bonds is 4. The van der Waals surface area contributed by atoms with Gasteiger partial charge in [-0.15, -0.1) is 0 Å².